The van der Waals surface area contributed by atoms with Crippen LogP contribution < -0.4 is 0 Å². The number of hydrogen-bond acceptors (Lipinski definition) is 3. The van der Waals surface area contributed by atoms with Crippen molar-refractivity contribution >= 4 is 10.8 Å². The van der Waals surface area contributed by atoms with E-state index in [9.17, 15) is 0 Å². The van der Waals surface area contributed by atoms with E-state index in [1.807, 2.05) is 36.4 Å². The minimum Gasteiger partial charge on any atom is -0.208 e. The number of fused-ring (bicyclic) bond motifs is 5. The normalized spacial score (nSPS) is 12.7. The quantitative estimate of drug-likeness (QED) is 0.176. The minimum absolute atomic E-state index is 0.616. The lowest BCUT2D eigenvalue weighted by atomic mass is 9.66. The molecule has 9 aromatic rings. The van der Waals surface area contributed by atoms with Crippen LogP contribution >= 0.6 is 0 Å². The summed E-state index contributed by atoms with van der Waals surface area (Å²) in [5.74, 6) is 1.94. The van der Waals surface area contributed by atoms with Crippen molar-refractivity contribution in [2.75, 3.05) is 0 Å². The predicted molar refractivity (Wildman–Crippen MR) is 216 cm³/mol. The van der Waals surface area contributed by atoms with Crippen molar-refractivity contribution in [1.29, 1.82) is 0 Å². The summed E-state index contributed by atoms with van der Waals surface area (Å²) in [4.78, 5) is 15.5. The molecule has 0 fully saturated rings. The fraction of sp³-hybridized carbons (Fsp3) is 0.0200. The second kappa shape index (κ2) is 12.7. The van der Waals surface area contributed by atoms with Gasteiger partial charge in [-0.15, -0.1) is 0 Å². The molecule has 3 heteroatoms. The van der Waals surface area contributed by atoms with Crippen LogP contribution in [0.1, 0.15) is 22.3 Å². The van der Waals surface area contributed by atoms with Gasteiger partial charge in [0.05, 0.1) is 5.41 Å². The van der Waals surface area contributed by atoms with Crippen LogP contribution in [0.15, 0.2) is 200 Å². The first-order valence-corrected chi connectivity index (χ1v) is 18.0. The fourth-order valence-electron chi connectivity index (χ4n) is 8.39. The average Bonchev–Trinajstić information content (AvgIpc) is 3.57. The second-order valence-corrected chi connectivity index (χ2v) is 13.5. The molecule has 0 saturated carbocycles. The van der Waals surface area contributed by atoms with Gasteiger partial charge >= 0.3 is 0 Å². The number of rotatable bonds is 6. The van der Waals surface area contributed by atoms with Crippen LogP contribution in [-0.4, -0.2) is 15.0 Å². The Labute approximate surface area is 309 Å². The van der Waals surface area contributed by atoms with Gasteiger partial charge in [0.1, 0.15) is 0 Å². The van der Waals surface area contributed by atoms with Crippen LogP contribution in [0.2, 0.25) is 0 Å². The lowest BCUT2D eigenvalue weighted by Gasteiger charge is -2.35. The topological polar surface area (TPSA) is 38.7 Å². The molecule has 0 unspecified atom stereocenters. The maximum Gasteiger partial charge on any atom is 0.164 e. The molecule has 10 rings (SSSR count). The summed E-state index contributed by atoms with van der Waals surface area (Å²) < 4.78 is 0. The average molecular weight is 676 g/mol. The van der Waals surface area contributed by atoms with Crippen molar-refractivity contribution in [3.8, 4) is 56.4 Å². The van der Waals surface area contributed by atoms with Crippen molar-refractivity contribution in [3.05, 3.63) is 222 Å². The van der Waals surface area contributed by atoms with Gasteiger partial charge in [-0.2, -0.15) is 0 Å². The first kappa shape index (κ1) is 30.8. The molecule has 3 nitrogen and oxygen atoms in total. The van der Waals surface area contributed by atoms with Crippen molar-refractivity contribution < 1.29 is 0 Å². The first-order valence-electron chi connectivity index (χ1n) is 18.0. The van der Waals surface area contributed by atoms with E-state index in [1.165, 1.54) is 49.7 Å². The SMILES string of the molecule is c1ccc(-c2nc(-c3ccccc3)nc(-c3cccc4c3-c3ccc5c(-c6ccccc6)cccc5c3C4(c3ccccc3)c3ccccc3)n2)cc1. The summed E-state index contributed by atoms with van der Waals surface area (Å²) in [5.41, 5.74) is 11.9. The zero-order valence-electron chi connectivity index (χ0n) is 28.9. The Morgan fingerprint density at radius 2 is 0.774 bits per heavy atom. The molecule has 1 heterocycles. The van der Waals surface area contributed by atoms with Gasteiger partial charge < -0.3 is 0 Å². The van der Waals surface area contributed by atoms with E-state index in [1.54, 1.807) is 0 Å². The van der Waals surface area contributed by atoms with Crippen LogP contribution in [0.3, 0.4) is 0 Å². The van der Waals surface area contributed by atoms with E-state index < -0.39 is 5.41 Å². The third-order valence-electron chi connectivity index (χ3n) is 10.6. The van der Waals surface area contributed by atoms with E-state index in [0.29, 0.717) is 17.5 Å². The number of nitrogens with zero attached hydrogens (tertiary/aromatic N) is 3. The Balaban J connectivity index is 1.34. The third kappa shape index (κ3) is 4.93. The van der Waals surface area contributed by atoms with Crippen molar-refractivity contribution in [2.45, 2.75) is 5.41 Å². The molecule has 0 saturated heterocycles. The summed E-state index contributed by atoms with van der Waals surface area (Å²) in [6.45, 7) is 0. The van der Waals surface area contributed by atoms with Crippen molar-refractivity contribution in [1.82, 2.24) is 15.0 Å². The molecule has 1 aromatic heterocycles. The monoisotopic (exact) mass is 675 g/mol. The van der Waals surface area contributed by atoms with E-state index in [4.69, 9.17) is 15.0 Å². The molecular weight excluding hydrogens is 643 g/mol. The van der Waals surface area contributed by atoms with Crippen molar-refractivity contribution in [2.24, 2.45) is 0 Å². The molecule has 0 amide bonds. The largest absolute Gasteiger partial charge is 0.208 e. The van der Waals surface area contributed by atoms with Crippen LogP contribution in [0.5, 0.6) is 0 Å². The Hall–Kier alpha value is -6.97. The summed E-state index contributed by atoms with van der Waals surface area (Å²) in [6.07, 6.45) is 0. The molecule has 0 atom stereocenters. The standard InChI is InChI=1S/C50H33N3/c1-6-18-34(19-7-1)39-28-16-29-41-40(39)32-33-42-45-43(49-52-47(35-20-8-2-9-21-35)51-48(53-49)36-22-10-3-11-23-36)30-17-31-44(45)50(46(41)42,37-24-12-4-13-25-37)38-26-14-5-15-27-38/h1-33H. The zero-order chi connectivity index (χ0) is 35.2. The highest BCUT2D eigenvalue weighted by molar-refractivity contribution is 6.07. The molecule has 248 valence electrons. The highest BCUT2D eigenvalue weighted by Crippen LogP contribution is 2.60. The fourth-order valence-corrected chi connectivity index (χ4v) is 8.39. The van der Waals surface area contributed by atoms with Gasteiger partial charge in [0.25, 0.3) is 0 Å². The second-order valence-electron chi connectivity index (χ2n) is 13.5. The summed E-state index contributed by atoms with van der Waals surface area (Å²) in [6, 6.07) is 71.1. The summed E-state index contributed by atoms with van der Waals surface area (Å²) >= 11 is 0. The number of benzene rings is 8. The maximum atomic E-state index is 5.24. The van der Waals surface area contributed by atoms with Gasteiger partial charge in [-0.05, 0) is 55.3 Å². The van der Waals surface area contributed by atoms with Crippen LogP contribution in [0, 0.1) is 0 Å². The van der Waals surface area contributed by atoms with Gasteiger partial charge in [-0.3, -0.25) is 0 Å². The van der Waals surface area contributed by atoms with Gasteiger partial charge in [0.2, 0.25) is 0 Å². The first-order chi connectivity index (χ1) is 26.3. The van der Waals surface area contributed by atoms with Gasteiger partial charge in [-0.1, -0.05) is 200 Å². The molecule has 0 bridgehead atoms. The number of hydrogen-bond donors (Lipinski definition) is 0. The molecule has 53 heavy (non-hydrogen) atoms. The molecule has 0 aliphatic heterocycles. The Bertz CT molecular complexity index is 2650. The van der Waals surface area contributed by atoms with Crippen LogP contribution in [0.4, 0.5) is 0 Å². The smallest absolute Gasteiger partial charge is 0.164 e. The van der Waals surface area contributed by atoms with Crippen LogP contribution in [-0.2, 0) is 5.41 Å². The van der Waals surface area contributed by atoms with Gasteiger partial charge in [0, 0.05) is 16.7 Å². The Morgan fingerprint density at radius 1 is 0.302 bits per heavy atom. The molecule has 8 aromatic carbocycles. The molecule has 1 aliphatic rings. The lowest BCUT2D eigenvalue weighted by molar-refractivity contribution is 0.775. The van der Waals surface area contributed by atoms with E-state index in [-0.39, 0.29) is 0 Å². The van der Waals surface area contributed by atoms with E-state index in [2.05, 4.69) is 164 Å². The molecule has 1 aliphatic carbocycles. The highest BCUT2D eigenvalue weighted by atomic mass is 15.0. The summed E-state index contributed by atoms with van der Waals surface area (Å²) in [5, 5.41) is 2.45. The molecule has 0 radical (unpaired) electrons. The van der Waals surface area contributed by atoms with Crippen LogP contribution in [0.25, 0.3) is 67.2 Å². The zero-order valence-corrected chi connectivity index (χ0v) is 28.9. The molecule has 0 spiro atoms. The van der Waals surface area contributed by atoms with Crippen molar-refractivity contribution in [3.63, 3.8) is 0 Å². The minimum atomic E-state index is -0.616. The Kier molecular flexibility index (Phi) is 7.36. The Morgan fingerprint density at radius 3 is 1.34 bits per heavy atom. The van der Waals surface area contributed by atoms with Gasteiger partial charge in [0.15, 0.2) is 17.5 Å². The third-order valence-corrected chi connectivity index (χ3v) is 10.6. The predicted octanol–water partition coefficient (Wildman–Crippen LogP) is 12.1. The maximum absolute atomic E-state index is 5.24. The highest BCUT2D eigenvalue weighted by Gasteiger charge is 2.48. The lowest BCUT2D eigenvalue weighted by Crippen LogP contribution is -2.28. The summed E-state index contributed by atoms with van der Waals surface area (Å²) in [7, 11) is 0. The van der Waals surface area contributed by atoms with E-state index in [0.717, 1.165) is 22.3 Å². The number of aromatic nitrogens is 3. The molecule has 0 N–H and O–H groups in total. The van der Waals surface area contributed by atoms with E-state index >= 15 is 0 Å². The van der Waals surface area contributed by atoms with Gasteiger partial charge in [-0.25, -0.2) is 15.0 Å². The molecular formula is C50H33N3.